The molecule has 526 valence electrons. The molecule has 8 heteroatoms. The van der Waals surface area contributed by atoms with Gasteiger partial charge in [0.05, 0.1) is 78.3 Å². The molecule has 0 atom stereocenters. The Balaban J connectivity index is 0.000000136. The molecule has 0 amide bonds. The molecule has 8 aromatic heterocycles. The summed E-state index contributed by atoms with van der Waals surface area (Å²) in [5.41, 5.74) is 24.5. The minimum Gasteiger partial charge on any atom is -0.254 e. The summed E-state index contributed by atoms with van der Waals surface area (Å²) in [4.78, 5) is 40.5. The van der Waals surface area contributed by atoms with Crippen LogP contribution < -0.4 is 0 Å². The summed E-state index contributed by atoms with van der Waals surface area (Å²) in [5.74, 6) is 0. The zero-order chi connectivity index (χ0) is 74.9. The highest BCUT2D eigenvalue weighted by Crippen LogP contribution is 2.46. The SMILES string of the molecule is c1ccc(-c2ccc3cc(-c4ccc5ccc(-c6c7ccccc7c(-c7ccc8ccc9cccnc9c8n7)c7ccccc67)nc5c4)ccc3n2)cc1.c1cnc2c(c1)ccc1ccc(-c3ccc4cc(-c5ccc6ccc(-c7ccc8nc(-c9ccc%10ccc%11cccc%12ccc9c%10c%11%12)ccc8c7)cc6n5)ccc4c3)nc12. The van der Waals surface area contributed by atoms with Crippen molar-refractivity contribution in [1.29, 1.82) is 0 Å². The molecular formula is C106H62N8. The maximum atomic E-state index is 5.38. The first-order valence-corrected chi connectivity index (χ1v) is 38.6. The van der Waals surface area contributed by atoms with Gasteiger partial charge in [-0.3, -0.25) is 9.97 Å². The van der Waals surface area contributed by atoms with Gasteiger partial charge in [0.2, 0.25) is 0 Å². The molecule has 0 aliphatic heterocycles. The Morgan fingerprint density at radius 2 is 0.509 bits per heavy atom. The van der Waals surface area contributed by atoms with E-state index in [1.54, 1.807) is 0 Å². The van der Waals surface area contributed by atoms with Crippen molar-refractivity contribution in [3.8, 4) is 89.8 Å². The van der Waals surface area contributed by atoms with Gasteiger partial charge >= 0.3 is 0 Å². The van der Waals surface area contributed by atoms with Gasteiger partial charge < -0.3 is 0 Å². The van der Waals surface area contributed by atoms with Crippen molar-refractivity contribution in [2.45, 2.75) is 0 Å². The lowest BCUT2D eigenvalue weighted by molar-refractivity contribution is 1.37. The third-order valence-corrected chi connectivity index (χ3v) is 23.0. The Kier molecular flexibility index (Phi) is 14.8. The predicted octanol–water partition coefficient (Wildman–Crippen LogP) is 27.5. The second-order valence-corrected chi connectivity index (χ2v) is 29.7. The molecule has 0 fully saturated rings. The van der Waals surface area contributed by atoms with E-state index in [2.05, 4.69) is 339 Å². The summed E-state index contributed by atoms with van der Waals surface area (Å²) in [6, 6.07) is 129. The van der Waals surface area contributed by atoms with Gasteiger partial charge in [-0.2, -0.15) is 0 Å². The van der Waals surface area contributed by atoms with Crippen LogP contribution in [0, 0.1) is 0 Å². The summed E-state index contributed by atoms with van der Waals surface area (Å²) in [5, 5.41) is 23.3. The molecule has 0 N–H and O–H groups in total. The zero-order valence-corrected chi connectivity index (χ0v) is 61.4. The van der Waals surface area contributed by atoms with Gasteiger partial charge in [-0.1, -0.05) is 267 Å². The molecule has 0 bridgehead atoms. The molecule has 24 aromatic rings. The van der Waals surface area contributed by atoms with Gasteiger partial charge in [0.1, 0.15) is 0 Å². The average Bonchev–Trinajstić information content (AvgIpc) is 0.737. The first-order valence-electron chi connectivity index (χ1n) is 38.6. The fourth-order valence-corrected chi connectivity index (χ4v) is 17.4. The van der Waals surface area contributed by atoms with E-state index in [9.17, 15) is 0 Å². The van der Waals surface area contributed by atoms with Crippen molar-refractivity contribution in [2.24, 2.45) is 0 Å². The Labute approximate surface area is 653 Å². The lowest BCUT2D eigenvalue weighted by Gasteiger charge is -2.17. The van der Waals surface area contributed by atoms with E-state index in [4.69, 9.17) is 34.9 Å². The van der Waals surface area contributed by atoms with Gasteiger partial charge in [0.15, 0.2) is 0 Å². The minimum atomic E-state index is 0.912. The summed E-state index contributed by atoms with van der Waals surface area (Å²) >= 11 is 0. The second kappa shape index (κ2) is 26.2. The van der Waals surface area contributed by atoms with Crippen LogP contribution in [0.5, 0.6) is 0 Å². The third-order valence-electron chi connectivity index (χ3n) is 23.0. The molecule has 0 saturated carbocycles. The third kappa shape index (κ3) is 11.0. The standard InChI is InChI=1S/C56H32N4.C50H30N4/c1-3-34-7-8-36-16-22-46(47-23-17-35(4-1)53(34)54(36)47)51-27-21-45-31-41(20-26-48(45)58-51)42-11-6-33-18-24-49(59-52(33)32-42)43-14-12-40-30-44(15-13-39(40)29-43)50-25-19-38-10-9-37-5-2-28-57-55(37)56(38)60-50;1-2-9-31(10-3-1)42-25-23-37-29-35(22-24-43(37)52-42)36-19-16-32-20-26-44(53-46(32)30-36)47-38-12-4-6-14-40(38)48(41-15-7-5-13-39(41)47)45-27-21-34-18-17-33-11-8-28-51-49(33)50(34)54-45/h1-32H;1-30H. The quantitative estimate of drug-likeness (QED) is 0.109. The van der Waals surface area contributed by atoms with Crippen molar-refractivity contribution in [1.82, 2.24) is 39.9 Å². The average molecular weight is 1450 g/mol. The van der Waals surface area contributed by atoms with Gasteiger partial charge in [0.25, 0.3) is 0 Å². The van der Waals surface area contributed by atoms with Gasteiger partial charge in [-0.15, -0.1) is 0 Å². The van der Waals surface area contributed by atoms with E-state index >= 15 is 0 Å². The van der Waals surface area contributed by atoms with Gasteiger partial charge in [0, 0.05) is 88.9 Å². The van der Waals surface area contributed by atoms with Crippen LogP contribution in [0.4, 0.5) is 0 Å². The monoisotopic (exact) mass is 1450 g/mol. The van der Waals surface area contributed by atoms with Crippen molar-refractivity contribution >= 4 is 152 Å². The summed E-state index contributed by atoms with van der Waals surface area (Å²) in [7, 11) is 0. The number of fused-ring (bicyclic) bond motifs is 13. The number of hydrogen-bond acceptors (Lipinski definition) is 8. The van der Waals surface area contributed by atoms with Crippen molar-refractivity contribution in [2.75, 3.05) is 0 Å². The molecule has 0 aliphatic rings. The Hall–Kier alpha value is -15.4. The number of benzene rings is 16. The van der Waals surface area contributed by atoms with Crippen LogP contribution in [-0.2, 0) is 0 Å². The van der Waals surface area contributed by atoms with Crippen LogP contribution >= 0.6 is 0 Å². The van der Waals surface area contributed by atoms with Crippen molar-refractivity contribution in [3.05, 3.63) is 376 Å². The Morgan fingerprint density at radius 3 is 1.08 bits per heavy atom. The maximum absolute atomic E-state index is 5.38. The molecule has 8 heterocycles. The normalized spacial score (nSPS) is 11.9. The van der Waals surface area contributed by atoms with Crippen molar-refractivity contribution in [3.63, 3.8) is 0 Å². The van der Waals surface area contributed by atoms with Crippen LogP contribution in [0.3, 0.4) is 0 Å². The van der Waals surface area contributed by atoms with Crippen LogP contribution in [0.2, 0.25) is 0 Å². The van der Waals surface area contributed by atoms with Crippen LogP contribution in [0.1, 0.15) is 0 Å². The van der Waals surface area contributed by atoms with Gasteiger partial charge in [-0.05, 0) is 184 Å². The van der Waals surface area contributed by atoms with Crippen LogP contribution in [-0.4, -0.2) is 39.9 Å². The lowest BCUT2D eigenvalue weighted by atomic mass is 9.88. The van der Waals surface area contributed by atoms with E-state index in [0.717, 1.165) is 209 Å². The molecule has 0 unspecified atom stereocenters. The highest BCUT2D eigenvalue weighted by atomic mass is 14.8. The fourth-order valence-electron chi connectivity index (χ4n) is 17.4. The topological polar surface area (TPSA) is 103 Å². The van der Waals surface area contributed by atoms with Crippen molar-refractivity contribution < 1.29 is 0 Å². The molecular weight excluding hydrogens is 1390 g/mol. The first kappa shape index (κ1) is 64.6. The first-order chi connectivity index (χ1) is 56.4. The molecule has 0 aliphatic carbocycles. The molecule has 114 heavy (non-hydrogen) atoms. The summed E-state index contributed by atoms with van der Waals surface area (Å²) < 4.78 is 0. The molecule has 0 spiro atoms. The number of rotatable bonds is 8. The van der Waals surface area contributed by atoms with E-state index in [1.807, 2.05) is 42.7 Å². The van der Waals surface area contributed by atoms with Gasteiger partial charge in [-0.25, -0.2) is 29.9 Å². The second-order valence-electron chi connectivity index (χ2n) is 29.7. The number of nitrogens with zero attached hydrogens (tertiary/aromatic N) is 8. The van der Waals surface area contributed by atoms with E-state index in [-0.39, 0.29) is 0 Å². The highest BCUT2D eigenvalue weighted by Gasteiger charge is 2.21. The maximum Gasteiger partial charge on any atom is 0.0972 e. The molecule has 8 nitrogen and oxygen atoms in total. The van der Waals surface area contributed by atoms with E-state index in [0.29, 0.717) is 0 Å². The largest absolute Gasteiger partial charge is 0.254 e. The van der Waals surface area contributed by atoms with E-state index < -0.39 is 0 Å². The summed E-state index contributed by atoms with van der Waals surface area (Å²) in [6.07, 6.45) is 3.68. The van der Waals surface area contributed by atoms with E-state index in [1.165, 1.54) is 32.3 Å². The summed E-state index contributed by atoms with van der Waals surface area (Å²) in [6.45, 7) is 0. The zero-order valence-electron chi connectivity index (χ0n) is 61.4. The molecule has 0 radical (unpaired) electrons. The number of hydrogen-bond donors (Lipinski definition) is 0. The van der Waals surface area contributed by atoms with Crippen LogP contribution in [0.15, 0.2) is 376 Å². The molecule has 24 rings (SSSR count). The lowest BCUT2D eigenvalue weighted by Crippen LogP contribution is -1.95. The predicted molar refractivity (Wildman–Crippen MR) is 475 cm³/mol. The Bertz CT molecular complexity index is 8070. The van der Waals surface area contributed by atoms with Crippen LogP contribution in [0.25, 0.3) is 242 Å². The number of aromatic nitrogens is 8. The smallest absolute Gasteiger partial charge is 0.0972 e. The fraction of sp³-hybridized carbons (Fsp3) is 0. The molecule has 16 aromatic carbocycles. The number of pyridine rings is 8. The molecule has 0 saturated heterocycles. The highest BCUT2D eigenvalue weighted by molar-refractivity contribution is 6.26. The minimum absolute atomic E-state index is 0.912. The Morgan fingerprint density at radius 1 is 0.158 bits per heavy atom.